The van der Waals surface area contributed by atoms with Crippen LogP contribution in [0.1, 0.15) is 72.1 Å². The van der Waals surface area contributed by atoms with Crippen molar-refractivity contribution in [2.75, 3.05) is 0 Å². The van der Waals surface area contributed by atoms with E-state index in [1.54, 1.807) is 0 Å². The summed E-state index contributed by atoms with van der Waals surface area (Å²) in [7, 11) is 0. The molecule has 0 amide bonds. The standard InChI is InChI=1S/C22H32O/c1-14(2)18-7-8-19-17-6-5-15-13-16(23)9-11-21(15,3)20(17)10-12-22(18,19)4/h13,17-20H,1,5-12H2,2-4H3/t17?,18-,19?,20?,21?,22-/m1/s1. The Bertz CT molecular complexity index is 585. The van der Waals surface area contributed by atoms with Crippen molar-refractivity contribution < 1.29 is 4.79 Å². The minimum atomic E-state index is 0.319. The summed E-state index contributed by atoms with van der Waals surface area (Å²) in [6, 6.07) is 0. The number of hydrogen-bond acceptors (Lipinski definition) is 1. The number of hydrogen-bond donors (Lipinski definition) is 0. The molecule has 0 bridgehead atoms. The van der Waals surface area contributed by atoms with Gasteiger partial charge in [-0.3, -0.25) is 4.79 Å². The minimum Gasteiger partial charge on any atom is -0.295 e. The molecule has 4 unspecified atom stereocenters. The van der Waals surface area contributed by atoms with Gasteiger partial charge in [0.1, 0.15) is 0 Å². The van der Waals surface area contributed by atoms with Crippen LogP contribution >= 0.6 is 0 Å². The van der Waals surface area contributed by atoms with Crippen LogP contribution in [0.25, 0.3) is 0 Å². The molecular weight excluding hydrogens is 280 g/mol. The molecule has 4 aliphatic carbocycles. The van der Waals surface area contributed by atoms with Crippen LogP contribution in [-0.4, -0.2) is 5.78 Å². The number of carbonyl (C=O) groups is 1. The quantitative estimate of drug-likeness (QED) is 0.567. The Morgan fingerprint density at radius 1 is 1.09 bits per heavy atom. The first-order valence-electron chi connectivity index (χ1n) is 9.75. The molecule has 0 radical (unpaired) electrons. The predicted octanol–water partition coefficient (Wildman–Crippen LogP) is 5.71. The highest BCUT2D eigenvalue weighted by Crippen LogP contribution is 2.67. The first-order valence-corrected chi connectivity index (χ1v) is 9.75. The summed E-state index contributed by atoms with van der Waals surface area (Å²) in [5, 5.41) is 0. The van der Waals surface area contributed by atoms with Crippen LogP contribution in [0.5, 0.6) is 0 Å². The average Bonchev–Trinajstić information content (AvgIpc) is 2.85. The molecule has 0 aromatic heterocycles. The fourth-order valence-corrected chi connectivity index (χ4v) is 7.37. The Morgan fingerprint density at radius 3 is 2.61 bits per heavy atom. The van der Waals surface area contributed by atoms with E-state index < -0.39 is 0 Å². The van der Waals surface area contributed by atoms with Crippen molar-refractivity contribution in [1.82, 2.24) is 0 Å². The summed E-state index contributed by atoms with van der Waals surface area (Å²) in [4.78, 5) is 11.9. The van der Waals surface area contributed by atoms with E-state index in [2.05, 4.69) is 27.4 Å². The molecule has 126 valence electrons. The van der Waals surface area contributed by atoms with Crippen LogP contribution in [0.2, 0.25) is 0 Å². The molecule has 6 atom stereocenters. The van der Waals surface area contributed by atoms with Crippen molar-refractivity contribution in [3.63, 3.8) is 0 Å². The van der Waals surface area contributed by atoms with E-state index in [-0.39, 0.29) is 0 Å². The SMILES string of the molecule is C=C(C)[C@H]1CCC2C3CCC4=CC(=O)CCC4(C)C3CC[C@@]21C. The lowest BCUT2D eigenvalue weighted by Gasteiger charge is -2.58. The summed E-state index contributed by atoms with van der Waals surface area (Å²) in [5.41, 5.74) is 3.72. The molecule has 4 rings (SSSR count). The average molecular weight is 312 g/mol. The summed E-state index contributed by atoms with van der Waals surface area (Å²) in [6.07, 6.45) is 11.9. The summed E-state index contributed by atoms with van der Waals surface area (Å²) in [5.74, 6) is 3.70. The first-order chi connectivity index (χ1) is 10.9. The summed E-state index contributed by atoms with van der Waals surface area (Å²) >= 11 is 0. The Kier molecular flexibility index (Phi) is 3.45. The van der Waals surface area contributed by atoms with Crippen LogP contribution in [-0.2, 0) is 4.79 Å². The first kappa shape index (κ1) is 15.7. The third kappa shape index (κ3) is 2.07. The van der Waals surface area contributed by atoms with Gasteiger partial charge in [0.05, 0.1) is 0 Å². The lowest BCUT2D eigenvalue weighted by molar-refractivity contribution is -0.117. The molecule has 0 saturated heterocycles. The molecule has 1 heteroatoms. The van der Waals surface area contributed by atoms with Crippen molar-refractivity contribution in [2.24, 2.45) is 34.5 Å². The van der Waals surface area contributed by atoms with E-state index in [0.717, 1.165) is 36.5 Å². The monoisotopic (exact) mass is 312 g/mol. The zero-order valence-electron chi connectivity index (χ0n) is 15.2. The van der Waals surface area contributed by atoms with Crippen LogP contribution in [0.3, 0.4) is 0 Å². The van der Waals surface area contributed by atoms with Gasteiger partial charge in [-0.2, -0.15) is 0 Å². The number of ketones is 1. The van der Waals surface area contributed by atoms with Gasteiger partial charge in [0.15, 0.2) is 5.78 Å². The fraction of sp³-hybridized carbons (Fsp3) is 0.773. The molecule has 0 heterocycles. The zero-order chi connectivity index (χ0) is 16.4. The number of allylic oxidation sites excluding steroid dienone is 2. The maximum atomic E-state index is 11.9. The molecule has 0 aromatic rings. The summed E-state index contributed by atoms with van der Waals surface area (Å²) < 4.78 is 0. The highest BCUT2D eigenvalue weighted by Gasteiger charge is 2.58. The highest BCUT2D eigenvalue weighted by atomic mass is 16.1. The van der Waals surface area contributed by atoms with E-state index in [4.69, 9.17) is 0 Å². The van der Waals surface area contributed by atoms with Gasteiger partial charge < -0.3 is 0 Å². The van der Waals surface area contributed by atoms with Crippen molar-refractivity contribution in [1.29, 1.82) is 0 Å². The lowest BCUT2D eigenvalue weighted by Crippen LogP contribution is -2.50. The molecule has 3 fully saturated rings. The Balaban J connectivity index is 1.67. The number of carbonyl (C=O) groups excluding carboxylic acids is 1. The van der Waals surface area contributed by atoms with Crippen molar-refractivity contribution in [3.8, 4) is 0 Å². The van der Waals surface area contributed by atoms with E-state index in [1.807, 2.05) is 6.08 Å². The van der Waals surface area contributed by atoms with Gasteiger partial charge in [-0.15, -0.1) is 0 Å². The molecule has 0 aliphatic heterocycles. The Hall–Kier alpha value is -0.850. The van der Waals surface area contributed by atoms with E-state index in [9.17, 15) is 4.79 Å². The molecular formula is C22H32O. The van der Waals surface area contributed by atoms with Gasteiger partial charge in [0.25, 0.3) is 0 Å². The number of fused-ring (bicyclic) bond motifs is 5. The Morgan fingerprint density at radius 2 is 1.87 bits per heavy atom. The van der Waals surface area contributed by atoms with Gasteiger partial charge in [-0.25, -0.2) is 0 Å². The van der Waals surface area contributed by atoms with Crippen molar-refractivity contribution >= 4 is 5.78 Å². The van der Waals surface area contributed by atoms with Crippen molar-refractivity contribution in [3.05, 3.63) is 23.8 Å². The van der Waals surface area contributed by atoms with Gasteiger partial charge in [0.2, 0.25) is 0 Å². The second-order valence-corrected chi connectivity index (χ2v) is 9.49. The van der Waals surface area contributed by atoms with E-state index in [0.29, 0.717) is 16.6 Å². The van der Waals surface area contributed by atoms with E-state index >= 15 is 0 Å². The third-order valence-corrected chi connectivity index (χ3v) is 8.56. The van der Waals surface area contributed by atoms with E-state index in [1.165, 1.54) is 49.7 Å². The van der Waals surface area contributed by atoms with Gasteiger partial charge in [-0.1, -0.05) is 31.6 Å². The zero-order valence-corrected chi connectivity index (χ0v) is 15.2. The predicted molar refractivity (Wildman–Crippen MR) is 95.0 cm³/mol. The smallest absolute Gasteiger partial charge is 0.155 e. The second kappa shape index (κ2) is 5.07. The molecule has 23 heavy (non-hydrogen) atoms. The maximum Gasteiger partial charge on any atom is 0.155 e. The van der Waals surface area contributed by atoms with Crippen LogP contribution in [0.15, 0.2) is 23.8 Å². The van der Waals surface area contributed by atoms with Crippen molar-refractivity contribution in [2.45, 2.75) is 72.1 Å². The Labute approximate surface area is 141 Å². The lowest BCUT2D eigenvalue weighted by atomic mass is 9.46. The highest BCUT2D eigenvalue weighted by molar-refractivity contribution is 5.91. The maximum absolute atomic E-state index is 11.9. The topological polar surface area (TPSA) is 17.1 Å². The molecule has 4 aliphatic rings. The fourth-order valence-electron chi connectivity index (χ4n) is 7.37. The molecule has 0 spiro atoms. The largest absolute Gasteiger partial charge is 0.295 e. The molecule has 0 aromatic carbocycles. The third-order valence-electron chi connectivity index (χ3n) is 8.56. The van der Waals surface area contributed by atoms with Gasteiger partial charge >= 0.3 is 0 Å². The van der Waals surface area contributed by atoms with Crippen LogP contribution < -0.4 is 0 Å². The second-order valence-electron chi connectivity index (χ2n) is 9.49. The number of rotatable bonds is 1. The van der Waals surface area contributed by atoms with Crippen LogP contribution in [0, 0.1) is 34.5 Å². The van der Waals surface area contributed by atoms with Gasteiger partial charge in [0, 0.05) is 6.42 Å². The molecule has 3 saturated carbocycles. The minimum absolute atomic E-state index is 0.319. The summed E-state index contributed by atoms with van der Waals surface area (Å²) in [6.45, 7) is 11.6. The van der Waals surface area contributed by atoms with Crippen LogP contribution in [0.4, 0.5) is 0 Å². The van der Waals surface area contributed by atoms with Gasteiger partial charge in [-0.05, 0) is 92.4 Å². The normalized spacial score (nSPS) is 49.0. The molecule has 0 N–H and O–H groups in total. The molecule has 1 nitrogen and oxygen atoms in total.